The number of hydrogen-bond acceptors (Lipinski definition) is 1. The van der Waals surface area contributed by atoms with Crippen molar-refractivity contribution in [2.24, 2.45) is 17.6 Å². The SMILES string of the molecule is Cc1cc(C)c(CC2(N)CCCC(C3CC3)C2)c(C)c1. The van der Waals surface area contributed by atoms with Crippen LogP contribution < -0.4 is 5.73 Å². The molecule has 0 heterocycles. The summed E-state index contributed by atoms with van der Waals surface area (Å²) in [6, 6.07) is 4.62. The van der Waals surface area contributed by atoms with Gasteiger partial charge in [0, 0.05) is 5.54 Å². The lowest BCUT2D eigenvalue weighted by molar-refractivity contribution is 0.204. The molecule has 1 aromatic carbocycles. The molecule has 1 nitrogen and oxygen atoms in total. The first-order valence-corrected chi connectivity index (χ1v) is 8.32. The molecule has 2 fully saturated rings. The first-order valence-electron chi connectivity index (χ1n) is 8.32. The van der Waals surface area contributed by atoms with Crippen LogP contribution in [0.2, 0.25) is 0 Å². The van der Waals surface area contributed by atoms with Gasteiger partial charge in [-0.3, -0.25) is 0 Å². The van der Waals surface area contributed by atoms with Gasteiger partial charge in [-0.25, -0.2) is 0 Å². The molecule has 2 N–H and O–H groups in total. The Morgan fingerprint density at radius 3 is 2.30 bits per heavy atom. The fourth-order valence-corrected chi connectivity index (χ4v) is 4.41. The average molecular weight is 271 g/mol. The lowest BCUT2D eigenvalue weighted by Crippen LogP contribution is -2.47. The summed E-state index contributed by atoms with van der Waals surface area (Å²) in [6.45, 7) is 6.69. The quantitative estimate of drug-likeness (QED) is 0.863. The van der Waals surface area contributed by atoms with Crippen molar-refractivity contribution in [2.75, 3.05) is 0 Å². The molecule has 0 amide bonds. The van der Waals surface area contributed by atoms with E-state index in [1.807, 2.05) is 0 Å². The van der Waals surface area contributed by atoms with E-state index in [-0.39, 0.29) is 5.54 Å². The Labute approximate surface area is 124 Å². The van der Waals surface area contributed by atoms with E-state index in [0.717, 1.165) is 18.3 Å². The first-order chi connectivity index (χ1) is 9.47. The van der Waals surface area contributed by atoms with Crippen LogP contribution in [0, 0.1) is 32.6 Å². The molecule has 2 atom stereocenters. The molecule has 0 spiro atoms. The summed E-state index contributed by atoms with van der Waals surface area (Å²) in [5, 5.41) is 0. The van der Waals surface area contributed by atoms with Gasteiger partial charge in [0.05, 0.1) is 0 Å². The molecule has 0 radical (unpaired) electrons. The topological polar surface area (TPSA) is 26.0 Å². The molecule has 0 bridgehead atoms. The minimum absolute atomic E-state index is 0.0519. The maximum Gasteiger partial charge on any atom is 0.0198 e. The lowest BCUT2D eigenvalue weighted by Gasteiger charge is -2.39. The lowest BCUT2D eigenvalue weighted by atomic mass is 9.71. The van der Waals surface area contributed by atoms with E-state index in [4.69, 9.17) is 5.73 Å². The summed E-state index contributed by atoms with van der Waals surface area (Å²) in [5.41, 5.74) is 12.6. The van der Waals surface area contributed by atoms with Crippen molar-refractivity contribution in [3.8, 4) is 0 Å². The summed E-state index contributed by atoms with van der Waals surface area (Å²) >= 11 is 0. The van der Waals surface area contributed by atoms with Crippen LogP contribution in [0.1, 0.15) is 60.8 Å². The van der Waals surface area contributed by atoms with Gasteiger partial charge >= 0.3 is 0 Å². The minimum Gasteiger partial charge on any atom is -0.325 e. The fourth-order valence-electron chi connectivity index (χ4n) is 4.41. The van der Waals surface area contributed by atoms with Gasteiger partial charge in [-0.15, -0.1) is 0 Å². The fraction of sp³-hybridized carbons (Fsp3) is 0.684. The third-order valence-corrected chi connectivity index (χ3v) is 5.58. The Morgan fingerprint density at radius 2 is 1.70 bits per heavy atom. The minimum atomic E-state index is 0.0519. The third-order valence-electron chi connectivity index (χ3n) is 5.58. The highest BCUT2D eigenvalue weighted by molar-refractivity contribution is 5.38. The van der Waals surface area contributed by atoms with Crippen molar-refractivity contribution >= 4 is 0 Å². The highest BCUT2D eigenvalue weighted by Gasteiger charge is 2.40. The van der Waals surface area contributed by atoms with Gasteiger partial charge in [-0.1, -0.05) is 30.5 Å². The normalized spacial score (nSPS) is 30.5. The molecule has 2 unspecified atom stereocenters. The number of hydrogen-bond donors (Lipinski definition) is 1. The van der Waals surface area contributed by atoms with Gasteiger partial charge in [0.2, 0.25) is 0 Å². The molecule has 110 valence electrons. The molecule has 2 aliphatic carbocycles. The van der Waals surface area contributed by atoms with Gasteiger partial charge in [0.1, 0.15) is 0 Å². The van der Waals surface area contributed by atoms with E-state index >= 15 is 0 Å². The molecule has 1 aromatic rings. The zero-order chi connectivity index (χ0) is 14.3. The third kappa shape index (κ3) is 2.93. The van der Waals surface area contributed by atoms with Crippen LogP contribution >= 0.6 is 0 Å². The van der Waals surface area contributed by atoms with E-state index in [0.29, 0.717) is 0 Å². The molecule has 2 aliphatic rings. The van der Waals surface area contributed by atoms with Gasteiger partial charge in [0.25, 0.3) is 0 Å². The second-order valence-electron chi connectivity index (χ2n) is 7.61. The summed E-state index contributed by atoms with van der Waals surface area (Å²) in [4.78, 5) is 0. The van der Waals surface area contributed by atoms with Crippen molar-refractivity contribution in [1.29, 1.82) is 0 Å². The van der Waals surface area contributed by atoms with Crippen LogP contribution in [0.5, 0.6) is 0 Å². The van der Waals surface area contributed by atoms with Gasteiger partial charge in [-0.05, 0) is 81.4 Å². The van der Waals surface area contributed by atoms with Crippen molar-refractivity contribution in [2.45, 2.75) is 71.3 Å². The predicted octanol–water partition coefficient (Wildman–Crippen LogP) is 4.45. The summed E-state index contributed by atoms with van der Waals surface area (Å²) in [5.74, 6) is 1.93. The zero-order valence-electron chi connectivity index (χ0n) is 13.3. The highest BCUT2D eigenvalue weighted by atomic mass is 14.8. The molecule has 3 rings (SSSR count). The van der Waals surface area contributed by atoms with Crippen molar-refractivity contribution in [1.82, 2.24) is 0 Å². The summed E-state index contributed by atoms with van der Waals surface area (Å²) < 4.78 is 0. The monoisotopic (exact) mass is 271 g/mol. The Kier molecular flexibility index (Phi) is 3.66. The summed E-state index contributed by atoms with van der Waals surface area (Å²) in [7, 11) is 0. The molecule has 2 saturated carbocycles. The van der Waals surface area contributed by atoms with Crippen LogP contribution in [-0.2, 0) is 6.42 Å². The van der Waals surface area contributed by atoms with Crippen molar-refractivity contribution < 1.29 is 0 Å². The van der Waals surface area contributed by atoms with Gasteiger partial charge in [-0.2, -0.15) is 0 Å². The molecular weight excluding hydrogens is 242 g/mol. The van der Waals surface area contributed by atoms with Crippen molar-refractivity contribution in [3.63, 3.8) is 0 Å². The molecule has 1 heteroatoms. The Morgan fingerprint density at radius 1 is 1.05 bits per heavy atom. The largest absolute Gasteiger partial charge is 0.325 e. The van der Waals surface area contributed by atoms with E-state index in [1.165, 1.54) is 60.8 Å². The molecule has 0 saturated heterocycles. The van der Waals surface area contributed by atoms with E-state index in [1.54, 1.807) is 0 Å². The molecule has 20 heavy (non-hydrogen) atoms. The average Bonchev–Trinajstić information content (AvgIpc) is 3.18. The standard InChI is InChI=1S/C19H29N/c1-13-9-14(2)18(15(3)10-13)12-19(20)8-4-5-17(11-19)16-6-7-16/h9-10,16-17H,4-8,11-12,20H2,1-3H3. The molecule has 0 aliphatic heterocycles. The number of aryl methyl sites for hydroxylation is 3. The van der Waals surface area contributed by atoms with Gasteiger partial charge < -0.3 is 5.73 Å². The number of nitrogens with two attached hydrogens (primary N) is 1. The van der Waals surface area contributed by atoms with Crippen molar-refractivity contribution in [3.05, 3.63) is 34.4 Å². The van der Waals surface area contributed by atoms with Crippen LogP contribution in [0.3, 0.4) is 0 Å². The smallest absolute Gasteiger partial charge is 0.0198 e. The first kappa shape index (κ1) is 14.1. The Hall–Kier alpha value is -0.820. The van der Waals surface area contributed by atoms with Crippen LogP contribution in [-0.4, -0.2) is 5.54 Å². The number of rotatable bonds is 3. The van der Waals surface area contributed by atoms with Gasteiger partial charge in [0.15, 0.2) is 0 Å². The highest BCUT2D eigenvalue weighted by Crippen LogP contribution is 2.46. The zero-order valence-corrected chi connectivity index (χ0v) is 13.3. The maximum absolute atomic E-state index is 6.82. The van der Waals surface area contributed by atoms with E-state index in [2.05, 4.69) is 32.9 Å². The molecule has 0 aromatic heterocycles. The Balaban J connectivity index is 1.78. The van der Waals surface area contributed by atoms with E-state index < -0.39 is 0 Å². The maximum atomic E-state index is 6.82. The van der Waals surface area contributed by atoms with Crippen LogP contribution in [0.25, 0.3) is 0 Å². The predicted molar refractivity (Wildman–Crippen MR) is 86.0 cm³/mol. The molecular formula is C19H29N. The Bertz CT molecular complexity index is 477. The van der Waals surface area contributed by atoms with E-state index in [9.17, 15) is 0 Å². The second kappa shape index (κ2) is 5.18. The van der Waals surface area contributed by atoms with Crippen LogP contribution in [0.4, 0.5) is 0 Å². The second-order valence-corrected chi connectivity index (χ2v) is 7.61. The summed E-state index contributed by atoms with van der Waals surface area (Å²) in [6.07, 6.45) is 9.23. The van der Waals surface area contributed by atoms with Crippen LogP contribution in [0.15, 0.2) is 12.1 Å². The number of benzene rings is 1.